The summed E-state index contributed by atoms with van der Waals surface area (Å²) in [4.78, 5) is 0. The predicted octanol–water partition coefficient (Wildman–Crippen LogP) is 3.54. The molecule has 2 heteroatoms. The molecule has 0 radical (unpaired) electrons. The lowest BCUT2D eigenvalue weighted by atomic mass is 10.0. The molecule has 1 aliphatic rings. The number of hydrogen-bond donors (Lipinski definition) is 1. The molecule has 1 aromatic rings. The van der Waals surface area contributed by atoms with Crippen molar-refractivity contribution in [3.8, 4) is 0 Å². The molecule has 1 aromatic carbocycles. The Labute approximate surface area is 103 Å². The molecule has 1 heterocycles. The summed E-state index contributed by atoms with van der Waals surface area (Å²) in [7, 11) is 0. The smallest absolute Gasteiger partial charge is 0.0297 e. The lowest BCUT2D eigenvalue weighted by molar-refractivity contribution is 0.473. The lowest BCUT2D eigenvalue weighted by Gasteiger charge is -2.20. The molecule has 0 aromatic heterocycles. The van der Waals surface area contributed by atoms with Gasteiger partial charge in [-0.3, -0.25) is 0 Å². The summed E-state index contributed by atoms with van der Waals surface area (Å²) in [5.74, 6) is 1.26. The van der Waals surface area contributed by atoms with Crippen LogP contribution in [0.3, 0.4) is 0 Å². The molecular formula is C14H21NS. The molecule has 3 unspecified atom stereocenters. The summed E-state index contributed by atoms with van der Waals surface area (Å²) < 4.78 is 0. The van der Waals surface area contributed by atoms with E-state index in [4.69, 9.17) is 0 Å². The maximum Gasteiger partial charge on any atom is 0.0297 e. The number of benzene rings is 1. The third-order valence-corrected chi connectivity index (χ3v) is 4.70. The van der Waals surface area contributed by atoms with E-state index in [1.165, 1.54) is 23.3 Å². The molecule has 16 heavy (non-hydrogen) atoms. The summed E-state index contributed by atoms with van der Waals surface area (Å²) in [6.07, 6.45) is 1.31. The van der Waals surface area contributed by atoms with E-state index in [0.717, 1.165) is 5.25 Å². The highest BCUT2D eigenvalue weighted by Crippen LogP contribution is 2.28. The van der Waals surface area contributed by atoms with Crippen LogP contribution >= 0.6 is 11.8 Å². The maximum atomic E-state index is 3.75. The predicted molar refractivity (Wildman–Crippen MR) is 73.1 cm³/mol. The maximum absolute atomic E-state index is 3.75. The highest BCUT2D eigenvalue weighted by Gasteiger charge is 2.23. The van der Waals surface area contributed by atoms with Gasteiger partial charge < -0.3 is 5.32 Å². The highest BCUT2D eigenvalue weighted by molar-refractivity contribution is 8.00. The third kappa shape index (κ3) is 2.80. The van der Waals surface area contributed by atoms with Crippen LogP contribution in [-0.2, 0) is 0 Å². The average molecular weight is 235 g/mol. The van der Waals surface area contributed by atoms with E-state index >= 15 is 0 Å². The van der Waals surface area contributed by atoms with Crippen molar-refractivity contribution in [2.45, 2.75) is 44.5 Å². The molecule has 88 valence electrons. The molecule has 1 N–H and O–H groups in total. The second kappa shape index (κ2) is 5.24. The Morgan fingerprint density at radius 1 is 1.38 bits per heavy atom. The van der Waals surface area contributed by atoms with Crippen LogP contribution in [-0.4, -0.2) is 17.0 Å². The number of aryl methyl sites for hydroxylation is 1. The summed E-state index contributed by atoms with van der Waals surface area (Å²) in [5.41, 5.74) is 2.83. The Kier molecular flexibility index (Phi) is 3.93. The topological polar surface area (TPSA) is 12.0 Å². The van der Waals surface area contributed by atoms with E-state index < -0.39 is 0 Å². The fourth-order valence-electron chi connectivity index (χ4n) is 2.45. The molecule has 0 bridgehead atoms. The van der Waals surface area contributed by atoms with Crippen LogP contribution in [0.15, 0.2) is 24.3 Å². The average Bonchev–Trinajstić information content (AvgIpc) is 2.64. The van der Waals surface area contributed by atoms with Crippen molar-refractivity contribution in [2.75, 3.05) is 5.75 Å². The third-order valence-electron chi connectivity index (χ3n) is 3.34. The van der Waals surface area contributed by atoms with E-state index in [1.807, 2.05) is 0 Å². The van der Waals surface area contributed by atoms with Gasteiger partial charge in [0.25, 0.3) is 0 Å². The monoisotopic (exact) mass is 235 g/mol. The summed E-state index contributed by atoms with van der Waals surface area (Å²) in [6, 6.07) is 9.83. The van der Waals surface area contributed by atoms with Gasteiger partial charge in [0.15, 0.2) is 0 Å². The first-order valence-corrected chi connectivity index (χ1v) is 7.15. The molecule has 1 fully saturated rings. The van der Waals surface area contributed by atoms with Crippen LogP contribution in [0.2, 0.25) is 0 Å². The van der Waals surface area contributed by atoms with Gasteiger partial charge >= 0.3 is 0 Å². The van der Waals surface area contributed by atoms with E-state index in [-0.39, 0.29) is 0 Å². The van der Waals surface area contributed by atoms with Crippen LogP contribution in [0, 0.1) is 6.92 Å². The van der Waals surface area contributed by atoms with Crippen LogP contribution in [0.5, 0.6) is 0 Å². The lowest BCUT2D eigenvalue weighted by Crippen LogP contribution is -2.31. The second-order valence-corrected chi connectivity index (χ2v) is 6.29. The van der Waals surface area contributed by atoms with E-state index in [2.05, 4.69) is 62.1 Å². The standard InChI is InChI=1S/C14H21NS/c1-10-6-4-5-7-14(10)12(3)15-13-8-11(2)16-9-13/h4-7,11-13,15H,8-9H2,1-3H3. The fourth-order valence-corrected chi connectivity index (χ4v) is 3.61. The fraction of sp³-hybridized carbons (Fsp3) is 0.571. The van der Waals surface area contributed by atoms with Crippen molar-refractivity contribution in [3.63, 3.8) is 0 Å². The number of thioether (sulfide) groups is 1. The molecule has 2 rings (SSSR count). The van der Waals surface area contributed by atoms with Gasteiger partial charge in [0.05, 0.1) is 0 Å². The Morgan fingerprint density at radius 2 is 2.12 bits per heavy atom. The van der Waals surface area contributed by atoms with Gasteiger partial charge in [-0.1, -0.05) is 31.2 Å². The summed E-state index contributed by atoms with van der Waals surface area (Å²) >= 11 is 2.08. The van der Waals surface area contributed by atoms with Gasteiger partial charge in [0.2, 0.25) is 0 Å². The van der Waals surface area contributed by atoms with Crippen LogP contribution in [0.1, 0.15) is 37.4 Å². The molecule has 1 aliphatic heterocycles. The zero-order valence-corrected chi connectivity index (χ0v) is 11.2. The number of rotatable bonds is 3. The number of nitrogens with one attached hydrogen (secondary N) is 1. The molecule has 0 aliphatic carbocycles. The first-order valence-electron chi connectivity index (χ1n) is 6.10. The van der Waals surface area contributed by atoms with Crippen molar-refractivity contribution >= 4 is 11.8 Å². The molecule has 3 atom stereocenters. The second-order valence-electron chi connectivity index (χ2n) is 4.82. The van der Waals surface area contributed by atoms with Crippen molar-refractivity contribution in [1.82, 2.24) is 5.32 Å². The highest BCUT2D eigenvalue weighted by atomic mass is 32.2. The van der Waals surface area contributed by atoms with Crippen LogP contribution < -0.4 is 5.32 Å². The van der Waals surface area contributed by atoms with E-state index in [1.54, 1.807) is 0 Å². The van der Waals surface area contributed by atoms with Crippen molar-refractivity contribution < 1.29 is 0 Å². The molecular weight excluding hydrogens is 214 g/mol. The van der Waals surface area contributed by atoms with Gasteiger partial charge in [-0.2, -0.15) is 11.8 Å². The minimum atomic E-state index is 0.470. The zero-order valence-electron chi connectivity index (χ0n) is 10.4. The molecule has 1 nitrogen and oxygen atoms in total. The first kappa shape index (κ1) is 12.0. The Balaban J connectivity index is 1.98. The van der Waals surface area contributed by atoms with E-state index in [9.17, 15) is 0 Å². The van der Waals surface area contributed by atoms with Crippen molar-refractivity contribution in [3.05, 3.63) is 35.4 Å². The Bertz CT molecular complexity index is 350. The van der Waals surface area contributed by atoms with Crippen LogP contribution in [0.4, 0.5) is 0 Å². The number of hydrogen-bond acceptors (Lipinski definition) is 2. The van der Waals surface area contributed by atoms with Gasteiger partial charge in [-0.05, 0) is 31.4 Å². The van der Waals surface area contributed by atoms with Gasteiger partial charge in [-0.25, -0.2) is 0 Å². The molecule has 1 saturated heterocycles. The summed E-state index contributed by atoms with van der Waals surface area (Å²) in [5, 5.41) is 4.57. The van der Waals surface area contributed by atoms with Crippen LogP contribution in [0.25, 0.3) is 0 Å². The van der Waals surface area contributed by atoms with Crippen molar-refractivity contribution in [2.24, 2.45) is 0 Å². The zero-order chi connectivity index (χ0) is 11.5. The van der Waals surface area contributed by atoms with Gasteiger partial charge in [0.1, 0.15) is 0 Å². The minimum Gasteiger partial charge on any atom is -0.307 e. The van der Waals surface area contributed by atoms with Crippen molar-refractivity contribution in [1.29, 1.82) is 0 Å². The van der Waals surface area contributed by atoms with Gasteiger partial charge in [0, 0.05) is 23.1 Å². The normalized spacial score (nSPS) is 26.9. The Hall–Kier alpha value is -0.470. The quantitative estimate of drug-likeness (QED) is 0.860. The van der Waals surface area contributed by atoms with Gasteiger partial charge in [-0.15, -0.1) is 0 Å². The summed E-state index contributed by atoms with van der Waals surface area (Å²) in [6.45, 7) is 6.79. The minimum absolute atomic E-state index is 0.470. The first-order chi connectivity index (χ1) is 7.66. The molecule has 0 saturated carbocycles. The van der Waals surface area contributed by atoms with E-state index in [0.29, 0.717) is 12.1 Å². The molecule has 0 spiro atoms. The largest absolute Gasteiger partial charge is 0.307 e. The SMILES string of the molecule is Cc1ccccc1C(C)NC1CSC(C)C1. The Morgan fingerprint density at radius 3 is 2.75 bits per heavy atom. The molecule has 0 amide bonds.